The molecule has 0 saturated carbocycles. The summed E-state index contributed by atoms with van der Waals surface area (Å²) in [6.45, 7) is 5.02. The molecule has 1 amide bonds. The zero-order valence-corrected chi connectivity index (χ0v) is 22.9. The van der Waals surface area contributed by atoms with Crippen LogP contribution in [0, 0.1) is 5.92 Å². The largest absolute Gasteiger partial charge is 0.416 e. The van der Waals surface area contributed by atoms with Gasteiger partial charge in [0.05, 0.1) is 10.5 Å². The maximum absolute atomic E-state index is 13.4. The zero-order valence-electron chi connectivity index (χ0n) is 21.3. The maximum Gasteiger partial charge on any atom is 0.416 e. The highest BCUT2D eigenvalue weighted by atomic mass is 32.2. The summed E-state index contributed by atoms with van der Waals surface area (Å²) in [5, 5.41) is 2.57. The van der Waals surface area contributed by atoms with Gasteiger partial charge in [-0.05, 0) is 66.1 Å². The van der Waals surface area contributed by atoms with Gasteiger partial charge >= 0.3 is 16.3 Å². The van der Waals surface area contributed by atoms with Crippen molar-refractivity contribution in [1.29, 1.82) is 0 Å². The fourth-order valence-electron chi connectivity index (χ4n) is 3.62. The van der Waals surface area contributed by atoms with E-state index in [0.717, 1.165) is 18.2 Å². The maximum atomic E-state index is 13.4. The molecule has 0 radical (unpaired) electrons. The van der Waals surface area contributed by atoms with Gasteiger partial charge in [0.2, 0.25) is 15.9 Å². The number of anilines is 1. The summed E-state index contributed by atoms with van der Waals surface area (Å²) in [7, 11) is -8.60. The second-order valence-electron chi connectivity index (χ2n) is 9.11. The third kappa shape index (κ3) is 8.04. The lowest BCUT2D eigenvalue weighted by Crippen LogP contribution is -2.33. The van der Waals surface area contributed by atoms with Crippen molar-refractivity contribution in [2.24, 2.45) is 5.92 Å². The van der Waals surface area contributed by atoms with Crippen molar-refractivity contribution >= 4 is 31.7 Å². The van der Waals surface area contributed by atoms with E-state index in [1.807, 2.05) is 13.8 Å². The Morgan fingerprint density at radius 2 is 1.56 bits per heavy atom. The number of carbonyl (C=O) groups is 1. The SMILES string of the molecule is CC(=O)Nc1ccc(S(=O)(=O)N(Cc2cccc(OS(=O)(=O)c3cccc(C(F)(F)F)c3)c2)CC(C)C)cc1. The molecule has 0 aromatic heterocycles. The fourth-order valence-corrected chi connectivity index (χ4v) is 6.18. The Morgan fingerprint density at radius 1 is 0.923 bits per heavy atom. The van der Waals surface area contributed by atoms with Gasteiger partial charge in [-0.15, -0.1) is 0 Å². The van der Waals surface area contributed by atoms with Gasteiger partial charge in [-0.2, -0.15) is 25.9 Å². The summed E-state index contributed by atoms with van der Waals surface area (Å²) in [5.74, 6) is -0.546. The van der Waals surface area contributed by atoms with Crippen LogP contribution < -0.4 is 9.50 Å². The van der Waals surface area contributed by atoms with Crippen LogP contribution in [0.1, 0.15) is 31.9 Å². The summed E-state index contributed by atoms with van der Waals surface area (Å²) in [6.07, 6.45) is -4.74. The predicted molar refractivity (Wildman–Crippen MR) is 139 cm³/mol. The number of nitrogens with zero attached hydrogens (tertiary/aromatic N) is 1. The molecule has 1 N–H and O–H groups in total. The van der Waals surface area contributed by atoms with Crippen molar-refractivity contribution in [3.05, 3.63) is 83.9 Å². The van der Waals surface area contributed by atoms with Crippen molar-refractivity contribution < 1.29 is 39.0 Å². The Kier molecular flexibility index (Phi) is 9.08. The van der Waals surface area contributed by atoms with Crippen LogP contribution in [-0.2, 0) is 37.7 Å². The minimum atomic E-state index is -4.74. The van der Waals surface area contributed by atoms with Gasteiger partial charge in [0, 0.05) is 25.7 Å². The highest BCUT2D eigenvalue weighted by molar-refractivity contribution is 7.89. The lowest BCUT2D eigenvalue weighted by Gasteiger charge is -2.24. The van der Waals surface area contributed by atoms with Crippen molar-refractivity contribution in [3.8, 4) is 5.75 Å². The summed E-state index contributed by atoms with van der Waals surface area (Å²) in [6, 6.07) is 14.5. The van der Waals surface area contributed by atoms with E-state index < -0.39 is 36.8 Å². The summed E-state index contributed by atoms with van der Waals surface area (Å²) in [5.41, 5.74) is -0.310. The van der Waals surface area contributed by atoms with Crippen LogP contribution >= 0.6 is 0 Å². The molecule has 0 saturated heterocycles. The van der Waals surface area contributed by atoms with Crippen molar-refractivity contribution in [3.63, 3.8) is 0 Å². The van der Waals surface area contributed by atoms with Gasteiger partial charge in [0.15, 0.2) is 0 Å². The number of benzene rings is 3. The average Bonchev–Trinajstić information content (AvgIpc) is 2.83. The molecule has 0 heterocycles. The standard InChI is InChI=1S/C26H27F3N2O6S2/c1-18(2)16-31(38(33,34)24-12-10-22(11-13-24)30-19(3)32)17-20-6-4-8-23(14-20)37-39(35,36)25-9-5-7-21(15-25)26(27,28)29/h4-15,18H,16-17H2,1-3H3,(H,30,32). The van der Waals surface area contributed by atoms with Gasteiger partial charge in [-0.25, -0.2) is 8.42 Å². The Hall–Kier alpha value is -3.42. The van der Waals surface area contributed by atoms with Crippen LogP contribution in [0.2, 0.25) is 0 Å². The lowest BCUT2D eigenvalue weighted by atomic mass is 10.2. The monoisotopic (exact) mass is 584 g/mol. The Labute approximate surface area is 225 Å². The van der Waals surface area contributed by atoms with Gasteiger partial charge in [0.25, 0.3) is 0 Å². The normalized spacial score (nSPS) is 12.5. The smallest absolute Gasteiger partial charge is 0.379 e. The molecular weight excluding hydrogens is 557 g/mol. The number of alkyl halides is 3. The number of nitrogens with one attached hydrogen (secondary N) is 1. The van der Waals surface area contributed by atoms with Crippen LogP contribution in [-0.4, -0.2) is 33.6 Å². The molecule has 0 aliphatic heterocycles. The van der Waals surface area contributed by atoms with E-state index in [4.69, 9.17) is 4.18 Å². The molecule has 0 fully saturated rings. The van der Waals surface area contributed by atoms with Gasteiger partial charge in [0.1, 0.15) is 10.6 Å². The molecular formula is C26H27F3N2O6S2. The number of amides is 1. The lowest BCUT2D eigenvalue weighted by molar-refractivity contribution is -0.137. The van der Waals surface area contributed by atoms with Crippen LogP contribution in [0.3, 0.4) is 0 Å². The van der Waals surface area contributed by atoms with E-state index in [1.165, 1.54) is 53.7 Å². The third-order valence-corrected chi connectivity index (χ3v) is 8.36. The van der Waals surface area contributed by atoms with E-state index in [1.54, 1.807) is 6.07 Å². The molecule has 13 heteroatoms. The molecule has 0 bridgehead atoms. The summed E-state index contributed by atoms with van der Waals surface area (Å²) >= 11 is 0. The predicted octanol–water partition coefficient (Wildman–Crippen LogP) is 5.28. The first-order chi connectivity index (χ1) is 18.1. The Bertz CT molecular complexity index is 1540. The molecule has 3 aromatic rings. The molecule has 0 aliphatic rings. The molecule has 0 atom stereocenters. The fraction of sp³-hybridized carbons (Fsp3) is 0.269. The average molecular weight is 585 g/mol. The molecule has 3 aromatic carbocycles. The zero-order chi connectivity index (χ0) is 29.0. The number of hydrogen-bond donors (Lipinski definition) is 1. The van der Waals surface area contributed by atoms with Gasteiger partial charge < -0.3 is 9.50 Å². The molecule has 39 heavy (non-hydrogen) atoms. The second-order valence-corrected chi connectivity index (χ2v) is 12.6. The molecule has 210 valence electrons. The first kappa shape index (κ1) is 30.1. The van der Waals surface area contributed by atoms with Gasteiger partial charge in [-0.3, -0.25) is 4.79 Å². The number of rotatable bonds is 10. The molecule has 3 rings (SSSR count). The van der Waals surface area contributed by atoms with Crippen molar-refractivity contribution in [1.82, 2.24) is 4.31 Å². The van der Waals surface area contributed by atoms with E-state index in [2.05, 4.69) is 5.32 Å². The first-order valence-corrected chi connectivity index (χ1v) is 14.5. The third-order valence-electron chi connectivity index (χ3n) is 5.29. The molecule has 8 nitrogen and oxygen atoms in total. The Morgan fingerprint density at radius 3 is 2.15 bits per heavy atom. The van der Waals surface area contributed by atoms with Crippen LogP contribution in [0.25, 0.3) is 0 Å². The minimum absolute atomic E-state index is 0.00298. The van der Waals surface area contributed by atoms with Gasteiger partial charge in [-0.1, -0.05) is 32.0 Å². The molecule has 0 unspecified atom stereocenters. The van der Waals surface area contributed by atoms with E-state index in [0.29, 0.717) is 17.3 Å². The van der Waals surface area contributed by atoms with E-state index in [-0.39, 0.29) is 35.6 Å². The van der Waals surface area contributed by atoms with Crippen LogP contribution in [0.5, 0.6) is 5.75 Å². The highest BCUT2D eigenvalue weighted by Gasteiger charge is 2.32. The number of halogens is 3. The number of carbonyl (C=O) groups excluding carboxylic acids is 1. The number of sulfonamides is 1. The number of hydrogen-bond acceptors (Lipinski definition) is 6. The minimum Gasteiger partial charge on any atom is -0.379 e. The molecule has 0 aliphatic carbocycles. The Balaban J connectivity index is 1.86. The summed E-state index contributed by atoms with van der Waals surface area (Å²) in [4.78, 5) is 10.6. The highest BCUT2D eigenvalue weighted by Crippen LogP contribution is 2.31. The van der Waals surface area contributed by atoms with E-state index in [9.17, 15) is 34.8 Å². The molecule has 0 spiro atoms. The second kappa shape index (κ2) is 11.8. The first-order valence-electron chi connectivity index (χ1n) is 11.7. The van der Waals surface area contributed by atoms with Crippen LogP contribution in [0.15, 0.2) is 82.6 Å². The van der Waals surface area contributed by atoms with Crippen molar-refractivity contribution in [2.45, 2.75) is 43.3 Å². The quantitative estimate of drug-likeness (QED) is 0.325. The van der Waals surface area contributed by atoms with Crippen molar-refractivity contribution in [2.75, 3.05) is 11.9 Å². The van der Waals surface area contributed by atoms with Crippen LogP contribution in [0.4, 0.5) is 18.9 Å². The topological polar surface area (TPSA) is 110 Å². The summed E-state index contributed by atoms with van der Waals surface area (Å²) < 4.78 is 97.6. The van der Waals surface area contributed by atoms with E-state index >= 15 is 0 Å².